The number of nitrogens with zero attached hydrogens (tertiary/aromatic N) is 10. The second kappa shape index (κ2) is 22.1. The van der Waals surface area contributed by atoms with Gasteiger partial charge >= 0.3 is 12.1 Å². The zero-order chi connectivity index (χ0) is 58.4. The summed E-state index contributed by atoms with van der Waals surface area (Å²) in [5.74, 6) is 1.09. The van der Waals surface area contributed by atoms with Crippen LogP contribution in [-0.4, -0.2) is 158 Å². The molecule has 9 atom stereocenters. The van der Waals surface area contributed by atoms with E-state index in [-0.39, 0.29) is 65.8 Å². The van der Waals surface area contributed by atoms with Crippen molar-refractivity contribution in [3.63, 3.8) is 0 Å². The maximum absolute atomic E-state index is 14.5. The lowest BCUT2D eigenvalue weighted by Gasteiger charge is -2.39. The molecule has 6 aliphatic heterocycles. The SMILES string of the molecule is Cc1ncsc1-c1ccc(C(C)NC(=O)[C@@H]2CCCN2C(=O)C(c2cc(N3CCN(C(=O)OC[C@@H]4CC[C@]5(COc6nc(N7CC8CCC(C7)N8)c7cnc8c(c7n6)C(C)c6cccc7cc(O)cc-8c67)CCCN45)[C@@H](C)C3)no2)C(C)C)cc1. The Balaban J connectivity index is 0.610. The average Bonchev–Trinajstić information content (AvgIpc) is 1.72. The summed E-state index contributed by atoms with van der Waals surface area (Å²) in [5, 5.41) is 25.4. The minimum atomic E-state index is -0.627. The number of nitrogens with one attached hydrogen (secondary N) is 2. The summed E-state index contributed by atoms with van der Waals surface area (Å²) >= 11 is 1.61. The molecule has 0 saturated carbocycles. The highest BCUT2D eigenvalue weighted by atomic mass is 32.1. The van der Waals surface area contributed by atoms with Gasteiger partial charge in [-0.2, -0.15) is 9.97 Å². The van der Waals surface area contributed by atoms with Gasteiger partial charge in [-0.15, -0.1) is 11.3 Å². The predicted octanol–water partition coefficient (Wildman–Crippen LogP) is 9.71. The van der Waals surface area contributed by atoms with Crippen molar-refractivity contribution in [2.75, 3.05) is 68.8 Å². The van der Waals surface area contributed by atoms with Crippen molar-refractivity contribution in [2.24, 2.45) is 5.92 Å². The molecule has 6 fully saturated rings. The molecule has 10 heterocycles. The van der Waals surface area contributed by atoms with Gasteiger partial charge in [0.25, 0.3) is 0 Å². The zero-order valence-corrected chi connectivity index (χ0v) is 50.2. The van der Waals surface area contributed by atoms with Crippen molar-refractivity contribution in [3.8, 4) is 33.5 Å². The molecule has 4 aromatic heterocycles. The number of aromatic nitrogens is 5. The summed E-state index contributed by atoms with van der Waals surface area (Å²) in [6, 6.07) is 20.2. The number of pyridine rings is 1. The van der Waals surface area contributed by atoms with E-state index in [9.17, 15) is 19.5 Å². The molecule has 85 heavy (non-hydrogen) atoms. The molecule has 7 aliphatic rings. The summed E-state index contributed by atoms with van der Waals surface area (Å²) in [5.41, 5.74) is 9.47. The van der Waals surface area contributed by atoms with E-state index in [0.29, 0.717) is 68.9 Å². The van der Waals surface area contributed by atoms with Crippen LogP contribution >= 0.6 is 11.3 Å². The molecule has 3 amide bonds. The fraction of sp³-hybridized carbons (Fsp3) is 0.508. The van der Waals surface area contributed by atoms with Crippen molar-refractivity contribution < 1.29 is 33.5 Å². The van der Waals surface area contributed by atoms with E-state index in [4.69, 9.17) is 28.9 Å². The van der Waals surface area contributed by atoms with Crippen LogP contribution in [0.2, 0.25) is 0 Å². The summed E-state index contributed by atoms with van der Waals surface area (Å²) < 4.78 is 19.1. The number of carbonyl (C=O) groups excluding carboxylic acids is 3. The van der Waals surface area contributed by atoms with Crippen LogP contribution in [0.3, 0.4) is 0 Å². The summed E-state index contributed by atoms with van der Waals surface area (Å²) in [6.07, 6.45) is 8.98. The van der Waals surface area contributed by atoms with Crippen molar-refractivity contribution in [1.82, 2.24) is 50.4 Å². The van der Waals surface area contributed by atoms with Gasteiger partial charge in [0, 0.05) is 92.7 Å². The highest BCUT2D eigenvalue weighted by Gasteiger charge is 2.51. The second-order valence-corrected chi connectivity index (χ2v) is 26.4. The van der Waals surface area contributed by atoms with Crippen LogP contribution in [0.1, 0.15) is 132 Å². The van der Waals surface area contributed by atoms with Crippen LogP contribution in [0.15, 0.2) is 76.9 Å². The molecule has 444 valence electrons. The Morgan fingerprint density at radius 3 is 2.49 bits per heavy atom. The van der Waals surface area contributed by atoms with Gasteiger partial charge in [0.05, 0.1) is 44.3 Å². The Bertz CT molecular complexity index is 3710. The van der Waals surface area contributed by atoms with E-state index in [1.165, 1.54) is 5.56 Å². The Labute approximate surface area is 499 Å². The van der Waals surface area contributed by atoms with E-state index in [0.717, 1.165) is 131 Å². The number of likely N-dealkylation sites (tertiary alicyclic amines) is 1. The molecule has 7 aromatic rings. The lowest BCUT2D eigenvalue weighted by Crippen LogP contribution is -2.55. The number of hydrogen-bond acceptors (Lipinski definition) is 17. The number of rotatable bonds is 14. The first-order chi connectivity index (χ1) is 41.2. The number of phenols is 1. The van der Waals surface area contributed by atoms with Gasteiger partial charge in [0.15, 0.2) is 11.6 Å². The van der Waals surface area contributed by atoms with E-state index in [1.54, 1.807) is 21.1 Å². The van der Waals surface area contributed by atoms with E-state index in [2.05, 4.69) is 66.7 Å². The van der Waals surface area contributed by atoms with E-state index < -0.39 is 12.0 Å². The molecule has 6 saturated heterocycles. The maximum atomic E-state index is 14.5. The summed E-state index contributed by atoms with van der Waals surface area (Å²) in [4.78, 5) is 74.1. The molecule has 2 bridgehead atoms. The number of phenolic OH excluding ortho intramolecular Hbond substituents is 1. The number of piperazine rings is 2. The van der Waals surface area contributed by atoms with Gasteiger partial charge in [-0.25, -0.2) is 9.78 Å². The number of aromatic hydroxyl groups is 1. The van der Waals surface area contributed by atoms with Gasteiger partial charge in [-0.3, -0.25) is 19.5 Å². The first-order valence-electron chi connectivity index (χ1n) is 30.8. The number of ether oxygens (including phenoxy) is 2. The highest BCUT2D eigenvalue weighted by Crippen LogP contribution is 2.49. The minimum Gasteiger partial charge on any atom is -0.508 e. The monoisotopic (exact) mass is 1170 g/mol. The molecule has 19 nitrogen and oxygen atoms in total. The Morgan fingerprint density at radius 1 is 0.894 bits per heavy atom. The molecule has 20 heteroatoms. The molecule has 1 aliphatic carbocycles. The number of aryl methyl sites for hydroxylation is 1. The fourth-order valence-electron chi connectivity index (χ4n) is 15.5. The van der Waals surface area contributed by atoms with Gasteiger partial charge in [-0.1, -0.05) is 68.4 Å². The number of benzene rings is 3. The van der Waals surface area contributed by atoms with Gasteiger partial charge in [-0.05, 0) is 124 Å². The molecule has 3 N–H and O–H groups in total. The van der Waals surface area contributed by atoms with E-state index in [1.807, 2.05) is 82.7 Å². The Kier molecular flexibility index (Phi) is 14.4. The lowest BCUT2D eigenvalue weighted by atomic mass is 9.79. The normalized spacial score (nSPS) is 25.2. The largest absolute Gasteiger partial charge is 0.508 e. The van der Waals surface area contributed by atoms with Crippen molar-refractivity contribution in [3.05, 3.63) is 101 Å². The third kappa shape index (κ3) is 9.98. The number of hydrogen-bond donors (Lipinski definition) is 3. The van der Waals surface area contributed by atoms with Crippen molar-refractivity contribution in [2.45, 2.75) is 147 Å². The van der Waals surface area contributed by atoms with Gasteiger partial charge < -0.3 is 49.3 Å². The zero-order valence-electron chi connectivity index (χ0n) is 49.4. The first-order valence-corrected chi connectivity index (χ1v) is 31.7. The summed E-state index contributed by atoms with van der Waals surface area (Å²) in [6.45, 7) is 17.5. The second-order valence-electron chi connectivity index (χ2n) is 25.5. The number of fused-ring (bicyclic) bond motifs is 7. The first kappa shape index (κ1) is 55.5. The van der Waals surface area contributed by atoms with E-state index >= 15 is 0 Å². The van der Waals surface area contributed by atoms with Crippen LogP contribution in [-0.2, 0) is 14.3 Å². The molecule has 14 rings (SSSR count). The van der Waals surface area contributed by atoms with Gasteiger partial charge in [0.2, 0.25) is 11.8 Å². The lowest BCUT2D eigenvalue weighted by molar-refractivity contribution is -0.141. The number of thiazole rings is 1. The van der Waals surface area contributed by atoms with Gasteiger partial charge in [0.1, 0.15) is 36.7 Å². The molecule has 3 aromatic carbocycles. The van der Waals surface area contributed by atoms with Crippen LogP contribution < -0.4 is 25.2 Å². The predicted molar refractivity (Wildman–Crippen MR) is 326 cm³/mol. The Morgan fingerprint density at radius 2 is 1.72 bits per heavy atom. The van der Waals surface area contributed by atoms with Crippen molar-refractivity contribution >= 4 is 62.6 Å². The van der Waals surface area contributed by atoms with Crippen LogP contribution in [0.5, 0.6) is 11.8 Å². The van der Waals surface area contributed by atoms with Crippen molar-refractivity contribution in [1.29, 1.82) is 0 Å². The third-order valence-corrected chi connectivity index (χ3v) is 20.8. The highest BCUT2D eigenvalue weighted by molar-refractivity contribution is 7.13. The summed E-state index contributed by atoms with van der Waals surface area (Å²) in [7, 11) is 0. The Hall–Kier alpha value is -7.42. The molecular formula is C65H76N12O7S. The maximum Gasteiger partial charge on any atom is 0.410 e. The van der Waals surface area contributed by atoms with Crippen LogP contribution in [0.4, 0.5) is 16.4 Å². The van der Waals surface area contributed by atoms with Crippen LogP contribution in [0, 0.1) is 12.8 Å². The topological polar surface area (TPSA) is 208 Å². The third-order valence-electron chi connectivity index (χ3n) is 19.9. The fourth-order valence-corrected chi connectivity index (χ4v) is 16.3. The standard InChI is InChI=1S/C65H76N12O7S/c1-36(2)54(62(80)76-22-8-12-51(76)61(79)68-39(5)41-13-15-42(16-14-41)59-40(6)67-35-85-59)52-28-53(72-84-52)73-24-25-75(37(3)30-73)64(81)82-33-46-19-21-65(20-9-23-77(46)65)34-83-63-70-58-50(60(71-63)74-31-44-17-18-45(32-74)69-44)29-66-57-49-27-47(78)26-43-10-7-11-48(56(43)49)38(4)55(57)58/h7,10-11,13-16,26-29,35-39,44-46,51,54,69,78H,8-9,12,17-25,30-34H2,1-6H3,(H,68,79)/t37-,38?,39?,44?,45?,46-,51-,54?,65-/m0/s1. The molecule has 0 radical (unpaired) electrons. The average molecular weight is 1170 g/mol. The smallest absolute Gasteiger partial charge is 0.410 e. The molecular weight excluding hydrogens is 1090 g/mol. The minimum absolute atomic E-state index is 0.0117. The molecule has 0 spiro atoms. The number of anilines is 2. The van der Waals surface area contributed by atoms with Crippen LogP contribution in [0.25, 0.3) is 43.4 Å². The number of amides is 3. The number of carbonyl (C=O) groups is 3. The molecule has 5 unspecified atom stereocenters. The quantitative estimate of drug-likeness (QED) is 0.0926.